The quantitative estimate of drug-likeness (QED) is 0.893. The van der Waals surface area contributed by atoms with Crippen LogP contribution in [0.15, 0.2) is 30.3 Å². The molecule has 2 aromatic rings. The molecular weight excluding hydrogens is 226 g/mol. The van der Waals surface area contributed by atoms with Gasteiger partial charge in [-0.15, -0.1) is 0 Å². The fourth-order valence-electron chi connectivity index (χ4n) is 2.24. The Bertz CT molecular complexity index is 653. The smallest absolute Gasteiger partial charge is 0.336 e. The molecule has 0 saturated heterocycles. The molecule has 0 spiro atoms. The monoisotopic (exact) mass is 239 g/mol. The average Bonchev–Trinajstić information content (AvgIpc) is 2.37. The number of fused-ring (bicyclic) bond motifs is 1. The van der Waals surface area contributed by atoms with Gasteiger partial charge in [0.15, 0.2) is 0 Å². The molecule has 0 aliphatic carbocycles. The van der Waals surface area contributed by atoms with Crippen molar-refractivity contribution in [1.82, 2.24) is 0 Å². The summed E-state index contributed by atoms with van der Waals surface area (Å²) in [5.74, 6) is -0.966. The summed E-state index contributed by atoms with van der Waals surface area (Å²) < 4.78 is 0. The second kappa shape index (κ2) is 4.89. The van der Waals surface area contributed by atoms with Gasteiger partial charge in [-0.05, 0) is 28.8 Å². The Balaban J connectivity index is 2.89. The number of carbonyl (C=O) groups is 1. The maximum atomic E-state index is 11.5. The van der Waals surface area contributed by atoms with E-state index in [9.17, 15) is 9.90 Å². The van der Waals surface area contributed by atoms with Gasteiger partial charge >= 0.3 is 5.97 Å². The number of benzene rings is 2. The van der Waals surface area contributed by atoms with E-state index in [0.717, 1.165) is 11.8 Å². The Hall–Kier alpha value is -2.34. The Kier molecular flexibility index (Phi) is 3.29. The molecule has 0 saturated carbocycles. The predicted octanol–water partition coefficient (Wildman–Crippen LogP) is 3.36. The second-order valence-electron chi connectivity index (χ2n) is 4.17. The zero-order valence-electron chi connectivity index (χ0n) is 10.1. The normalized spacial score (nSPS) is 10.2. The van der Waals surface area contributed by atoms with Crippen molar-refractivity contribution >= 4 is 16.7 Å². The van der Waals surface area contributed by atoms with Crippen molar-refractivity contribution in [1.29, 1.82) is 5.26 Å². The van der Waals surface area contributed by atoms with Gasteiger partial charge in [0.2, 0.25) is 0 Å². The van der Waals surface area contributed by atoms with Crippen molar-refractivity contribution < 1.29 is 9.90 Å². The number of hydrogen-bond donors (Lipinski definition) is 1. The average molecular weight is 239 g/mol. The first-order chi connectivity index (χ1) is 8.69. The van der Waals surface area contributed by atoms with Crippen LogP contribution in [0, 0.1) is 11.3 Å². The van der Waals surface area contributed by atoms with Crippen LogP contribution in [0.3, 0.4) is 0 Å². The van der Waals surface area contributed by atoms with Crippen molar-refractivity contribution in [3.05, 3.63) is 47.0 Å². The maximum Gasteiger partial charge on any atom is 0.336 e. The minimum atomic E-state index is -0.966. The molecule has 3 nitrogen and oxygen atoms in total. The van der Waals surface area contributed by atoms with Crippen LogP contribution in [-0.4, -0.2) is 11.1 Å². The van der Waals surface area contributed by atoms with Gasteiger partial charge in [0.25, 0.3) is 0 Å². The van der Waals surface area contributed by atoms with E-state index in [1.54, 1.807) is 12.1 Å². The fourth-order valence-corrected chi connectivity index (χ4v) is 2.24. The molecular formula is C15H13NO2. The van der Waals surface area contributed by atoms with Crippen LogP contribution >= 0.6 is 0 Å². The lowest BCUT2D eigenvalue weighted by Gasteiger charge is -2.11. The van der Waals surface area contributed by atoms with E-state index in [1.807, 2.05) is 25.1 Å². The molecule has 3 heteroatoms. The third kappa shape index (κ3) is 1.93. The van der Waals surface area contributed by atoms with Gasteiger partial charge in [0, 0.05) is 0 Å². The zero-order valence-corrected chi connectivity index (χ0v) is 10.1. The predicted molar refractivity (Wildman–Crippen MR) is 69.6 cm³/mol. The molecule has 90 valence electrons. The van der Waals surface area contributed by atoms with Crippen molar-refractivity contribution in [2.24, 2.45) is 0 Å². The van der Waals surface area contributed by atoms with Gasteiger partial charge in [0.1, 0.15) is 0 Å². The molecule has 0 bridgehead atoms. The highest BCUT2D eigenvalue weighted by molar-refractivity contribution is 6.06. The Morgan fingerprint density at radius 2 is 2.11 bits per heavy atom. The first kappa shape index (κ1) is 12.1. The van der Waals surface area contributed by atoms with Crippen LogP contribution < -0.4 is 0 Å². The molecule has 0 fully saturated rings. The van der Waals surface area contributed by atoms with Gasteiger partial charge in [0.05, 0.1) is 17.2 Å². The summed E-state index contributed by atoms with van der Waals surface area (Å²) in [4.78, 5) is 11.5. The number of nitrogens with zero attached hydrogens (tertiary/aromatic N) is 1. The lowest BCUT2D eigenvalue weighted by atomic mass is 9.92. The number of carboxylic acid groups (broad SMARTS) is 1. The molecule has 0 radical (unpaired) electrons. The summed E-state index contributed by atoms with van der Waals surface area (Å²) in [6.45, 7) is 1.97. The molecule has 0 heterocycles. The van der Waals surface area contributed by atoms with Crippen molar-refractivity contribution in [2.45, 2.75) is 19.8 Å². The van der Waals surface area contributed by atoms with Gasteiger partial charge in [-0.2, -0.15) is 5.26 Å². The van der Waals surface area contributed by atoms with Crippen molar-refractivity contribution in [3.8, 4) is 6.07 Å². The minimum absolute atomic E-state index is 0.270. The minimum Gasteiger partial charge on any atom is -0.478 e. The van der Waals surface area contributed by atoms with Crippen LogP contribution in [0.25, 0.3) is 10.8 Å². The van der Waals surface area contributed by atoms with E-state index in [-0.39, 0.29) is 5.56 Å². The molecule has 0 unspecified atom stereocenters. The standard InChI is InChI=1S/C15H13NO2/c1-2-5-12-11(9-16)8-10-6-3-4-7-13(10)14(12)15(17)18/h3-4,6-8H,2,5H2,1H3,(H,17,18). The number of rotatable bonds is 3. The Morgan fingerprint density at radius 1 is 1.39 bits per heavy atom. The highest BCUT2D eigenvalue weighted by Crippen LogP contribution is 2.27. The van der Waals surface area contributed by atoms with E-state index in [0.29, 0.717) is 22.9 Å². The van der Waals surface area contributed by atoms with Gasteiger partial charge in [-0.1, -0.05) is 37.6 Å². The van der Waals surface area contributed by atoms with Crippen LogP contribution in [0.5, 0.6) is 0 Å². The molecule has 1 N–H and O–H groups in total. The number of carboxylic acids is 1. The third-order valence-corrected chi connectivity index (χ3v) is 2.99. The van der Waals surface area contributed by atoms with Crippen LogP contribution in [0.1, 0.15) is 34.8 Å². The molecule has 0 aromatic heterocycles. The van der Waals surface area contributed by atoms with E-state index >= 15 is 0 Å². The first-order valence-electron chi connectivity index (χ1n) is 5.87. The van der Waals surface area contributed by atoms with Crippen LogP contribution in [0.4, 0.5) is 0 Å². The summed E-state index contributed by atoms with van der Waals surface area (Å²) in [7, 11) is 0. The van der Waals surface area contributed by atoms with Gasteiger partial charge < -0.3 is 5.11 Å². The largest absolute Gasteiger partial charge is 0.478 e. The zero-order chi connectivity index (χ0) is 13.1. The number of hydrogen-bond acceptors (Lipinski definition) is 2. The van der Waals surface area contributed by atoms with E-state index in [4.69, 9.17) is 5.26 Å². The molecule has 18 heavy (non-hydrogen) atoms. The molecule has 0 aliphatic rings. The van der Waals surface area contributed by atoms with E-state index in [1.165, 1.54) is 0 Å². The van der Waals surface area contributed by atoms with Gasteiger partial charge in [-0.3, -0.25) is 0 Å². The topological polar surface area (TPSA) is 61.1 Å². The highest BCUT2D eigenvalue weighted by Gasteiger charge is 2.17. The molecule has 0 aliphatic heterocycles. The molecule has 0 atom stereocenters. The number of nitriles is 1. The van der Waals surface area contributed by atoms with E-state index < -0.39 is 5.97 Å². The SMILES string of the molecule is CCCc1c(C#N)cc2ccccc2c1C(=O)O. The summed E-state index contributed by atoms with van der Waals surface area (Å²) >= 11 is 0. The Labute approximate surface area is 105 Å². The lowest BCUT2D eigenvalue weighted by molar-refractivity contribution is 0.0698. The molecule has 2 aromatic carbocycles. The first-order valence-corrected chi connectivity index (χ1v) is 5.87. The highest BCUT2D eigenvalue weighted by atomic mass is 16.4. The Morgan fingerprint density at radius 3 is 2.72 bits per heavy atom. The summed E-state index contributed by atoms with van der Waals surface area (Å²) in [5, 5.41) is 20.1. The maximum absolute atomic E-state index is 11.5. The lowest BCUT2D eigenvalue weighted by Crippen LogP contribution is -2.06. The van der Waals surface area contributed by atoms with Gasteiger partial charge in [-0.25, -0.2) is 4.79 Å². The number of aromatic carboxylic acids is 1. The van der Waals surface area contributed by atoms with Crippen molar-refractivity contribution in [3.63, 3.8) is 0 Å². The van der Waals surface area contributed by atoms with Crippen molar-refractivity contribution in [2.75, 3.05) is 0 Å². The summed E-state index contributed by atoms with van der Waals surface area (Å²) in [6.07, 6.45) is 1.42. The van der Waals surface area contributed by atoms with Crippen LogP contribution in [0.2, 0.25) is 0 Å². The molecule has 2 rings (SSSR count). The summed E-state index contributed by atoms with van der Waals surface area (Å²) in [5.41, 5.74) is 1.38. The van der Waals surface area contributed by atoms with Crippen LogP contribution in [-0.2, 0) is 6.42 Å². The third-order valence-electron chi connectivity index (χ3n) is 2.99. The summed E-state index contributed by atoms with van der Waals surface area (Å²) in [6, 6.07) is 11.2. The second-order valence-corrected chi connectivity index (χ2v) is 4.17. The molecule has 0 amide bonds. The fraction of sp³-hybridized carbons (Fsp3) is 0.200. The van der Waals surface area contributed by atoms with E-state index in [2.05, 4.69) is 6.07 Å².